The van der Waals surface area contributed by atoms with Gasteiger partial charge in [0.15, 0.2) is 0 Å². The molecule has 76 valence electrons. The van der Waals surface area contributed by atoms with Crippen molar-refractivity contribution >= 4 is 0 Å². The Morgan fingerprint density at radius 2 is 2.38 bits per heavy atom. The quantitative estimate of drug-likeness (QED) is 0.531. The molecular weight excluding hydrogens is 162 g/mol. The lowest BCUT2D eigenvalue weighted by molar-refractivity contribution is 0.141. The van der Waals surface area contributed by atoms with Crippen LogP contribution in [0.2, 0.25) is 0 Å². The maximum absolute atomic E-state index is 5.42. The monoisotopic (exact) mass is 183 g/mol. The molecule has 0 spiro atoms. The summed E-state index contributed by atoms with van der Waals surface area (Å²) in [5, 5.41) is 3.18. The smallest absolute Gasteiger partial charge is 0.0503 e. The van der Waals surface area contributed by atoms with Gasteiger partial charge in [-0.1, -0.05) is 12.2 Å². The van der Waals surface area contributed by atoms with Crippen molar-refractivity contribution in [2.24, 2.45) is 5.92 Å². The fraction of sp³-hybridized carbons (Fsp3) is 0.818. The molecule has 1 rings (SSSR count). The molecular formula is C11H21NO. The molecule has 0 bridgehead atoms. The first-order valence-corrected chi connectivity index (χ1v) is 5.24. The molecule has 0 radical (unpaired) electrons. The first-order chi connectivity index (χ1) is 6.34. The Labute approximate surface area is 81.4 Å². The molecule has 0 saturated carbocycles. The van der Waals surface area contributed by atoms with E-state index >= 15 is 0 Å². The normalized spacial score (nSPS) is 24.4. The van der Waals surface area contributed by atoms with Gasteiger partial charge in [0, 0.05) is 6.61 Å². The molecule has 13 heavy (non-hydrogen) atoms. The van der Waals surface area contributed by atoms with Crippen LogP contribution in [0.5, 0.6) is 0 Å². The van der Waals surface area contributed by atoms with Gasteiger partial charge in [0.25, 0.3) is 0 Å². The van der Waals surface area contributed by atoms with E-state index in [0.29, 0.717) is 5.92 Å². The van der Waals surface area contributed by atoms with Crippen molar-refractivity contribution < 1.29 is 4.74 Å². The first-order valence-electron chi connectivity index (χ1n) is 5.24. The minimum absolute atomic E-state index is 0.704. The third kappa shape index (κ3) is 3.92. The third-order valence-corrected chi connectivity index (χ3v) is 2.73. The van der Waals surface area contributed by atoms with Crippen molar-refractivity contribution in [3.63, 3.8) is 0 Å². The van der Waals surface area contributed by atoms with Crippen LogP contribution < -0.4 is 5.32 Å². The molecule has 0 amide bonds. The Balaban J connectivity index is 2.24. The molecule has 1 heterocycles. The van der Waals surface area contributed by atoms with Gasteiger partial charge in [0.1, 0.15) is 0 Å². The lowest BCUT2D eigenvalue weighted by atomic mass is 9.91. The summed E-state index contributed by atoms with van der Waals surface area (Å²) >= 11 is 0. The molecule has 0 aliphatic carbocycles. The van der Waals surface area contributed by atoms with Crippen molar-refractivity contribution in [1.29, 1.82) is 0 Å². The van der Waals surface area contributed by atoms with Crippen molar-refractivity contribution in [2.45, 2.75) is 25.7 Å². The highest BCUT2D eigenvalue weighted by Gasteiger charge is 2.15. The molecule has 1 unspecified atom stereocenters. The zero-order valence-corrected chi connectivity index (χ0v) is 8.64. The van der Waals surface area contributed by atoms with Gasteiger partial charge in [0.05, 0.1) is 6.61 Å². The molecule has 1 saturated heterocycles. The SMILES string of the molecule is C=C1CCOCCC1CCCNC. The fourth-order valence-corrected chi connectivity index (χ4v) is 1.81. The summed E-state index contributed by atoms with van der Waals surface area (Å²) in [6.45, 7) is 7.05. The van der Waals surface area contributed by atoms with E-state index in [1.165, 1.54) is 24.8 Å². The van der Waals surface area contributed by atoms with Crippen LogP contribution in [0.25, 0.3) is 0 Å². The average molecular weight is 183 g/mol. The number of rotatable bonds is 4. The Kier molecular flexibility index (Phi) is 5.09. The minimum atomic E-state index is 0.704. The molecule has 0 aromatic carbocycles. The summed E-state index contributed by atoms with van der Waals surface area (Å²) in [7, 11) is 2.00. The third-order valence-electron chi connectivity index (χ3n) is 2.73. The summed E-state index contributed by atoms with van der Waals surface area (Å²) in [5.41, 5.74) is 1.40. The predicted molar refractivity (Wildman–Crippen MR) is 55.8 cm³/mol. The molecule has 1 N–H and O–H groups in total. The summed E-state index contributed by atoms with van der Waals surface area (Å²) in [5.74, 6) is 0.704. The van der Waals surface area contributed by atoms with Crippen molar-refractivity contribution in [3.8, 4) is 0 Å². The van der Waals surface area contributed by atoms with Gasteiger partial charge in [-0.25, -0.2) is 0 Å². The van der Waals surface area contributed by atoms with Gasteiger partial charge >= 0.3 is 0 Å². The molecule has 0 aromatic rings. The second kappa shape index (κ2) is 6.17. The van der Waals surface area contributed by atoms with E-state index in [-0.39, 0.29) is 0 Å². The van der Waals surface area contributed by atoms with Crippen molar-refractivity contribution in [1.82, 2.24) is 5.32 Å². The van der Waals surface area contributed by atoms with Gasteiger partial charge in [-0.3, -0.25) is 0 Å². The van der Waals surface area contributed by atoms with E-state index in [4.69, 9.17) is 4.74 Å². The van der Waals surface area contributed by atoms with E-state index in [9.17, 15) is 0 Å². The largest absolute Gasteiger partial charge is 0.381 e. The van der Waals surface area contributed by atoms with Gasteiger partial charge in [-0.2, -0.15) is 0 Å². The van der Waals surface area contributed by atoms with Gasteiger partial charge < -0.3 is 10.1 Å². The van der Waals surface area contributed by atoms with Crippen LogP contribution in [-0.4, -0.2) is 26.8 Å². The Morgan fingerprint density at radius 1 is 1.54 bits per heavy atom. The van der Waals surface area contributed by atoms with Crippen LogP contribution >= 0.6 is 0 Å². The molecule has 1 fully saturated rings. The number of hydrogen-bond donors (Lipinski definition) is 1. The van der Waals surface area contributed by atoms with E-state index in [2.05, 4.69) is 11.9 Å². The molecule has 2 nitrogen and oxygen atoms in total. The first kappa shape index (κ1) is 10.7. The molecule has 0 aromatic heterocycles. The zero-order valence-electron chi connectivity index (χ0n) is 8.64. The van der Waals surface area contributed by atoms with E-state index < -0.39 is 0 Å². The number of ether oxygens (including phenoxy) is 1. The van der Waals surface area contributed by atoms with Crippen molar-refractivity contribution in [3.05, 3.63) is 12.2 Å². The Morgan fingerprint density at radius 3 is 3.15 bits per heavy atom. The Hall–Kier alpha value is -0.340. The molecule has 1 aliphatic heterocycles. The van der Waals surface area contributed by atoms with Crippen LogP contribution in [0.1, 0.15) is 25.7 Å². The average Bonchev–Trinajstić information content (AvgIpc) is 2.32. The van der Waals surface area contributed by atoms with Crippen LogP contribution in [0.3, 0.4) is 0 Å². The summed E-state index contributed by atoms with van der Waals surface area (Å²) in [6.07, 6.45) is 4.75. The standard InChI is InChI=1S/C11H21NO/c1-10-5-8-13-9-6-11(10)4-3-7-12-2/h11-12H,1,3-9H2,2H3. The summed E-state index contributed by atoms with van der Waals surface area (Å²) < 4.78 is 5.42. The topological polar surface area (TPSA) is 21.3 Å². The molecule has 2 heteroatoms. The highest BCUT2D eigenvalue weighted by atomic mass is 16.5. The maximum Gasteiger partial charge on any atom is 0.0503 e. The maximum atomic E-state index is 5.42. The second-order valence-corrected chi connectivity index (χ2v) is 3.75. The molecule has 1 aliphatic rings. The van der Waals surface area contributed by atoms with Crippen molar-refractivity contribution in [2.75, 3.05) is 26.8 Å². The zero-order chi connectivity index (χ0) is 9.52. The number of hydrogen-bond acceptors (Lipinski definition) is 2. The van der Waals surface area contributed by atoms with Crippen LogP contribution in [0.15, 0.2) is 12.2 Å². The summed E-state index contributed by atoms with van der Waals surface area (Å²) in [6, 6.07) is 0. The van der Waals surface area contributed by atoms with Crippen LogP contribution in [0, 0.1) is 5.92 Å². The lowest BCUT2D eigenvalue weighted by Crippen LogP contribution is -2.11. The van der Waals surface area contributed by atoms with E-state index in [1.807, 2.05) is 7.05 Å². The summed E-state index contributed by atoms with van der Waals surface area (Å²) in [4.78, 5) is 0. The van der Waals surface area contributed by atoms with Gasteiger partial charge in [0.2, 0.25) is 0 Å². The number of nitrogens with one attached hydrogen (secondary N) is 1. The predicted octanol–water partition coefficient (Wildman–Crippen LogP) is 1.97. The highest BCUT2D eigenvalue weighted by molar-refractivity contribution is 5.01. The van der Waals surface area contributed by atoms with Crippen LogP contribution in [-0.2, 0) is 4.74 Å². The second-order valence-electron chi connectivity index (χ2n) is 3.75. The lowest BCUT2D eigenvalue weighted by Gasteiger charge is -2.15. The van der Waals surface area contributed by atoms with Gasteiger partial charge in [-0.15, -0.1) is 0 Å². The Bertz CT molecular complexity index is 156. The highest BCUT2D eigenvalue weighted by Crippen LogP contribution is 2.24. The van der Waals surface area contributed by atoms with E-state index in [0.717, 1.165) is 26.2 Å². The van der Waals surface area contributed by atoms with E-state index in [1.54, 1.807) is 0 Å². The fourth-order valence-electron chi connectivity index (χ4n) is 1.81. The van der Waals surface area contributed by atoms with Gasteiger partial charge in [-0.05, 0) is 45.2 Å². The minimum Gasteiger partial charge on any atom is -0.381 e. The van der Waals surface area contributed by atoms with Crippen LogP contribution in [0.4, 0.5) is 0 Å². The molecule has 1 atom stereocenters.